The molecule has 3 nitrogen and oxygen atoms in total. The lowest BCUT2D eigenvalue weighted by molar-refractivity contribution is 0.267. The Hall–Kier alpha value is -1.03. The number of hydrogen-bond acceptors (Lipinski definition) is 3. The predicted molar refractivity (Wildman–Crippen MR) is 66.7 cm³/mol. The van der Waals surface area contributed by atoms with Gasteiger partial charge in [-0.2, -0.15) is 0 Å². The van der Waals surface area contributed by atoms with Gasteiger partial charge in [0.2, 0.25) is 0 Å². The maximum Gasteiger partial charge on any atom is 0.276 e. The maximum atomic E-state index is 10.8. The summed E-state index contributed by atoms with van der Waals surface area (Å²) < 4.78 is 0. The van der Waals surface area contributed by atoms with Gasteiger partial charge in [0.1, 0.15) is 0 Å². The third kappa shape index (κ3) is 2.38. The summed E-state index contributed by atoms with van der Waals surface area (Å²) in [4.78, 5) is 15.3. The Morgan fingerprint density at radius 2 is 2.50 bits per heavy atom. The van der Waals surface area contributed by atoms with Crippen molar-refractivity contribution in [1.82, 2.24) is 4.98 Å². The van der Waals surface area contributed by atoms with Crippen LogP contribution in [0.25, 0.3) is 0 Å². The highest BCUT2D eigenvalue weighted by Crippen LogP contribution is 2.33. The summed E-state index contributed by atoms with van der Waals surface area (Å²) in [5.41, 5.74) is 9.04. The zero-order valence-corrected chi connectivity index (χ0v) is 10.2. The highest BCUT2D eigenvalue weighted by molar-refractivity contribution is 8.13. The number of fused-ring (bicyclic) bond motifs is 1. The summed E-state index contributed by atoms with van der Waals surface area (Å²) in [5.74, 6) is 1.15. The molecule has 0 bridgehead atoms. The van der Waals surface area contributed by atoms with Gasteiger partial charge in [0, 0.05) is 23.6 Å². The van der Waals surface area contributed by atoms with Gasteiger partial charge < -0.3 is 5.73 Å². The molecule has 0 radical (unpaired) electrons. The molecule has 1 amide bonds. The normalized spacial score (nSPS) is 19.2. The highest BCUT2D eigenvalue weighted by atomic mass is 32.2. The Kier molecular flexibility index (Phi) is 3.49. The second-order valence-corrected chi connectivity index (χ2v) is 5.24. The van der Waals surface area contributed by atoms with Gasteiger partial charge in [-0.3, -0.25) is 9.78 Å². The summed E-state index contributed by atoms with van der Waals surface area (Å²) in [5, 5.41) is -0.292. The fraction of sp³-hybridized carbons (Fsp3) is 0.500. The van der Waals surface area contributed by atoms with Gasteiger partial charge in [-0.25, -0.2) is 0 Å². The van der Waals surface area contributed by atoms with Crippen molar-refractivity contribution in [3.63, 3.8) is 0 Å². The van der Waals surface area contributed by atoms with E-state index in [0.717, 1.165) is 18.6 Å². The Bertz CT molecular complexity index is 406. The zero-order chi connectivity index (χ0) is 11.5. The van der Waals surface area contributed by atoms with Crippen molar-refractivity contribution in [2.75, 3.05) is 5.75 Å². The number of hydrogen-bond donors (Lipinski definition) is 1. The fourth-order valence-electron chi connectivity index (χ4n) is 2.29. The van der Waals surface area contributed by atoms with Crippen molar-refractivity contribution >= 4 is 17.0 Å². The minimum Gasteiger partial charge on any atom is -0.361 e. The lowest BCUT2D eigenvalue weighted by Crippen LogP contribution is -2.16. The summed E-state index contributed by atoms with van der Waals surface area (Å²) in [6.45, 7) is 2.13. The standard InChI is InChI=1S/C12H16N2OS/c1-8-5-6-14-11-9(7-16-12(13)15)3-2-4-10(8)11/h5-6,9H,2-4,7H2,1H3,(H2,13,15). The van der Waals surface area contributed by atoms with Crippen LogP contribution in [0, 0.1) is 6.92 Å². The molecule has 1 aromatic heterocycles. The maximum absolute atomic E-state index is 10.8. The van der Waals surface area contributed by atoms with Gasteiger partial charge in [0.05, 0.1) is 0 Å². The van der Waals surface area contributed by atoms with Gasteiger partial charge in [0.25, 0.3) is 5.24 Å². The number of carbonyl (C=O) groups excluding carboxylic acids is 1. The van der Waals surface area contributed by atoms with Crippen LogP contribution < -0.4 is 5.73 Å². The number of rotatable bonds is 2. The average molecular weight is 236 g/mol. The van der Waals surface area contributed by atoms with E-state index in [2.05, 4.69) is 18.0 Å². The second-order valence-electron chi connectivity index (χ2n) is 4.21. The highest BCUT2D eigenvalue weighted by Gasteiger charge is 2.23. The molecule has 0 aliphatic heterocycles. The van der Waals surface area contributed by atoms with E-state index in [1.54, 1.807) is 0 Å². The second kappa shape index (κ2) is 4.87. The van der Waals surface area contributed by atoms with Crippen molar-refractivity contribution in [3.05, 3.63) is 29.1 Å². The van der Waals surface area contributed by atoms with Crippen LogP contribution in [0.15, 0.2) is 12.3 Å². The molecule has 2 N–H and O–H groups in total. The number of aromatic nitrogens is 1. The molecule has 86 valence electrons. The SMILES string of the molecule is Cc1ccnc2c1CCCC2CSC(N)=O. The van der Waals surface area contributed by atoms with Gasteiger partial charge in [-0.15, -0.1) is 0 Å². The van der Waals surface area contributed by atoms with Crippen LogP contribution in [-0.4, -0.2) is 16.0 Å². The van der Waals surface area contributed by atoms with E-state index in [4.69, 9.17) is 5.73 Å². The first-order valence-electron chi connectivity index (χ1n) is 5.55. The van der Waals surface area contributed by atoms with Crippen LogP contribution in [0.1, 0.15) is 35.6 Å². The largest absolute Gasteiger partial charge is 0.361 e. The number of carbonyl (C=O) groups is 1. The molecule has 1 aliphatic carbocycles. The minimum absolute atomic E-state index is 0.292. The van der Waals surface area contributed by atoms with E-state index < -0.39 is 0 Å². The van der Waals surface area contributed by atoms with Crippen LogP contribution >= 0.6 is 11.8 Å². The molecule has 1 unspecified atom stereocenters. The van der Waals surface area contributed by atoms with Crippen LogP contribution in [0.4, 0.5) is 4.79 Å². The molecular formula is C12H16N2OS. The number of amides is 1. The van der Waals surface area contributed by atoms with Crippen molar-refractivity contribution in [3.8, 4) is 0 Å². The third-order valence-electron chi connectivity index (χ3n) is 3.12. The van der Waals surface area contributed by atoms with Crippen molar-refractivity contribution in [2.24, 2.45) is 5.73 Å². The molecule has 1 heterocycles. The topological polar surface area (TPSA) is 56.0 Å². The minimum atomic E-state index is -0.292. The van der Waals surface area contributed by atoms with Crippen LogP contribution in [0.2, 0.25) is 0 Å². The molecule has 1 atom stereocenters. The van der Waals surface area contributed by atoms with Crippen LogP contribution in [0.5, 0.6) is 0 Å². The number of thioether (sulfide) groups is 1. The summed E-state index contributed by atoms with van der Waals surface area (Å²) in [7, 11) is 0. The number of primary amides is 1. The van der Waals surface area contributed by atoms with Crippen LogP contribution in [-0.2, 0) is 6.42 Å². The van der Waals surface area contributed by atoms with E-state index >= 15 is 0 Å². The molecule has 1 aliphatic rings. The molecule has 0 spiro atoms. The molecule has 4 heteroatoms. The molecule has 1 aromatic rings. The molecule has 0 saturated carbocycles. The predicted octanol–water partition coefficient (Wildman–Crippen LogP) is 2.62. The Balaban J connectivity index is 2.19. The van der Waals surface area contributed by atoms with E-state index in [0.29, 0.717) is 5.92 Å². The first-order valence-corrected chi connectivity index (χ1v) is 6.53. The third-order valence-corrected chi connectivity index (χ3v) is 3.97. The van der Waals surface area contributed by atoms with Crippen molar-refractivity contribution in [1.29, 1.82) is 0 Å². The summed E-state index contributed by atoms with van der Waals surface area (Å²) in [6, 6.07) is 2.06. The first-order chi connectivity index (χ1) is 7.68. The number of aryl methyl sites for hydroxylation is 1. The van der Waals surface area contributed by atoms with E-state index in [-0.39, 0.29) is 5.24 Å². The number of nitrogens with zero attached hydrogens (tertiary/aromatic N) is 1. The van der Waals surface area contributed by atoms with E-state index in [9.17, 15) is 4.79 Å². The molecule has 0 fully saturated rings. The smallest absolute Gasteiger partial charge is 0.276 e. The van der Waals surface area contributed by atoms with Gasteiger partial charge in [-0.1, -0.05) is 11.8 Å². The molecular weight excluding hydrogens is 220 g/mol. The van der Waals surface area contributed by atoms with E-state index in [1.165, 1.54) is 35.0 Å². The quantitative estimate of drug-likeness (QED) is 0.858. The first kappa shape index (κ1) is 11.5. The van der Waals surface area contributed by atoms with Gasteiger partial charge >= 0.3 is 0 Å². The molecule has 2 rings (SSSR count). The number of pyridine rings is 1. The van der Waals surface area contributed by atoms with Crippen molar-refractivity contribution < 1.29 is 4.79 Å². The lowest BCUT2D eigenvalue weighted by Gasteiger charge is -2.24. The summed E-state index contributed by atoms with van der Waals surface area (Å²) >= 11 is 1.21. The molecule has 16 heavy (non-hydrogen) atoms. The Morgan fingerprint density at radius 3 is 3.25 bits per heavy atom. The van der Waals surface area contributed by atoms with Gasteiger partial charge in [-0.05, 0) is 43.4 Å². The molecule has 0 aromatic carbocycles. The number of nitrogens with two attached hydrogens (primary N) is 1. The van der Waals surface area contributed by atoms with Gasteiger partial charge in [0.15, 0.2) is 0 Å². The summed E-state index contributed by atoms with van der Waals surface area (Å²) in [6.07, 6.45) is 5.28. The Morgan fingerprint density at radius 1 is 1.69 bits per heavy atom. The van der Waals surface area contributed by atoms with Crippen molar-refractivity contribution in [2.45, 2.75) is 32.1 Å². The van der Waals surface area contributed by atoms with Crippen LogP contribution in [0.3, 0.4) is 0 Å². The van der Waals surface area contributed by atoms with E-state index in [1.807, 2.05) is 6.20 Å². The monoisotopic (exact) mass is 236 g/mol. The fourth-order valence-corrected chi connectivity index (χ4v) is 2.98. The average Bonchev–Trinajstić information content (AvgIpc) is 2.27. The molecule has 0 saturated heterocycles. The lowest BCUT2D eigenvalue weighted by atomic mass is 9.86. The Labute approximate surface area is 99.8 Å². The zero-order valence-electron chi connectivity index (χ0n) is 9.40.